The van der Waals surface area contributed by atoms with Gasteiger partial charge >= 0.3 is 0 Å². The van der Waals surface area contributed by atoms with E-state index in [0.29, 0.717) is 12.2 Å². The molecule has 1 saturated carbocycles. The summed E-state index contributed by atoms with van der Waals surface area (Å²) in [4.78, 5) is 2.32. The number of likely N-dealkylation sites (N-methyl/N-ethyl adjacent to an activating group) is 1. The molecule has 0 atom stereocenters. The molecule has 17 heavy (non-hydrogen) atoms. The minimum Gasteiger partial charge on any atom is -0.491 e. The fourth-order valence-electron chi connectivity index (χ4n) is 1.92. The van der Waals surface area contributed by atoms with E-state index in [2.05, 4.69) is 18.0 Å². The maximum absolute atomic E-state index is 9.01. The Bertz CT molecular complexity index is 432. The van der Waals surface area contributed by atoms with E-state index in [1.807, 2.05) is 19.1 Å². The van der Waals surface area contributed by atoms with Crippen LogP contribution in [-0.4, -0.2) is 31.1 Å². The van der Waals surface area contributed by atoms with Crippen LogP contribution in [0.25, 0.3) is 0 Å². The lowest BCUT2D eigenvalue weighted by Gasteiger charge is -2.17. The van der Waals surface area contributed by atoms with Gasteiger partial charge in [-0.05, 0) is 38.4 Å². The van der Waals surface area contributed by atoms with Crippen LogP contribution in [0.4, 0.5) is 0 Å². The Morgan fingerprint density at radius 1 is 1.47 bits per heavy atom. The van der Waals surface area contributed by atoms with Crippen molar-refractivity contribution in [3.63, 3.8) is 0 Å². The van der Waals surface area contributed by atoms with Crippen LogP contribution in [0.3, 0.4) is 0 Å². The number of hydrogen-bond donors (Lipinski definition) is 0. The standard InChI is InChI=1S/C14H18N2O/c1-11-4-3-5-12(10-15)14(11)17-9-8-16(2)13-6-7-13/h3-5,13H,6-9H2,1-2H3. The summed E-state index contributed by atoms with van der Waals surface area (Å²) in [6.45, 7) is 3.54. The summed E-state index contributed by atoms with van der Waals surface area (Å²) in [7, 11) is 2.13. The number of benzene rings is 1. The molecule has 1 fully saturated rings. The van der Waals surface area contributed by atoms with E-state index in [1.54, 1.807) is 6.07 Å². The van der Waals surface area contributed by atoms with E-state index in [-0.39, 0.29) is 0 Å². The van der Waals surface area contributed by atoms with Gasteiger partial charge < -0.3 is 9.64 Å². The van der Waals surface area contributed by atoms with E-state index in [4.69, 9.17) is 10.00 Å². The molecular formula is C14H18N2O. The SMILES string of the molecule is Cc1cccc(C#N)c1OCCN(C)C1CC1. The first-order valence-electron chi connectivity index (χ1n) is 6.05. The van der Waals surface area contributed by atoms with Gasteiger partial charge in [-0.3, -0.25) is 0 Å². The number of nitrogens with zero attached hydrogens (tertiary/aromatic N) is 2. The Morgan fingerprint density at radius 2 is 2.24 bits per heavy atom. The van der Waals surface area contributed by atoms with Gasteiger partial charge in [0.1, 0.15) is 18.4 Å². The summed E-state index contributed by atoms with van der Waals surface area (Å²) >= 11 is 0. The highest BCUT2D eigenvalue weighted by Gasteiger charge is 2.25. The molecule has 0 radical (unpaired) electrons. The lowest BCUT2D eigenvalue weighted by atomic mass is 10.1. The number of aryl methyl sites for hydroxylation is 1. The molecule has 1 aliphatic carbocycles. The van der Waals surface area contributed by atoms with Crippen LogP contribution in [0, 0.1) is 18.3 Å². The fraction of sp³-hybridized carbons (Fsp3) is 0.500. The normalized spacial score (nSPS) is 14.7. The van der Waals surface area contributed by atoms with Gasteiger partial charge in [-0.15, -0.1) is 0 Å². The molecule has 0 unspecified atom stereocenters. The number of ether oxygens (including phenoxy) is 1. The van der Waals surface area contributed by atoms with E-state index in [1.165, 1.54) is 12.8 Å². The third-order valence-electron chi connectivity index (χ3n) is 3.19. The average Bonchev–Trinajstić information content (AvgIpc) is 3.14. The second kappa shape index (κ2) is 5.20. The summed E-state index contributed by atoms with van der Waals surface area (Å²) in [5.74, 6) is 0.735. The van der Waals surface area contributed by atoms with E-state index in [9.17, 15) is 0 Å². The molecule has 1 aliphatic rings. The van der Waals surface area contributed by atoms with Gasteiger partial charge in [0, 0.05) is 12.6 Å². The highest BCUT2D eigenvalue weighted by atomic mass is 16.5. The molecule has 0 aromatic heterocycles. The molecule has 90 valence electrons. The molecule has 3 nitrogen and oxygen atoms in total. The summed E-state index contributed by atoms with van der Waals surface area (Å²) in [5, 5.41) is 9.01. The quantitative estimate of drug-likeness (QED) is 0.779. The minimum atomic E-state index is 0.624. The van der Waals surface area contributed by atoms with Crippen molar-refractivity contribution in [2.75, 3.05) is 20.2 Å². The van der Waals surface area contributed by atoms with Crippen LogP contribution in [0.5, 0.6) is 5.75 Å². The molecule has 3 heteroatoms. The molecule has 1 aromatic carbocycles. The monoisotopic (exact) mass is 230 g/mol. The number of para-hydroxylation sites is 1. The Hall–Kier alpha value is -1.53. The zero-order valence-corrected chi connectivity index (χ0v) is 10.4. The largest absolute Gasteiger partial charge is 0.491 e. The van der Waals surface area contributed by atoms with Crippen molar-refractivity contribution in [1.82, 2.24) is 4.90 Å². The molecule has 0 bridgehead atoms. The number of nitriles is 1. The Kier molecular flexibility index (Phi) is 3.65. The zero-order valence-electron chi connectivity index (χ0n) is 10.4. The van der Waals surface area contributed by atoms with Gasteiger partial charge in [0.05, 0.1) is 5.56 Å². The molecule has 1 aromatic rings. The van der Waals surface area contributed by atoms with Crippen molar-refractivity contribution in [3.05, 3.63) is 29.3 Å². The highest BCUT2D eigenvalue weighted by molar-refractivity contribution is 5.47. The first-order chi connectivity index (χ1) is 8.22. The Labute approximate surface area is 103 Å². The lowest BCUT2D eigenvalue weighted by molar-refractivity contribution is 0.230. The summed E-state index contributed by atoms with van der Waals surface area (Å²) in [5.41, 5.74) is 1.65. The van der Waals surface area contributed by atoms with Crippen LogP contribution in [0.15, 0.2) is 18.2 Å². The molecule has 0 amide bonds. The number of hydrogen-bond acceptors (Lipinski definition) is 3. The van der Waals surface area contributed by atoms with E-state index < -0.39 is 0 Å². The maximum atomic E-state index is 9.01. The van der Waals surface area contributed by atoms with Crippen molar-refractivity contribution in [2.24, 2.45) is 0 Å². The lowest BCUT2D eigenvalue weighted by Crippen LogP contribution is -2.26. The topological polar surface area (TPSA) is 36.3 Å². The predicted molar refractivity (Wildman–Crippen MR) is 67.0 cm³/mol. The maximum Gasteiger partial charge on any atom is 0.140 e. The molecule has 0 saturated heterocycles. The van der Waals surface area contributed by atoms with E-state index in [0.717, 1.165) is 23.9 Å². The van der Waals surface area contributed by atoms with Crippen molar-refractivity contribution < 1.29 is 4.74 Å². The molecule has 0 spiro atoms. The van der Waals surface area contributed by atoms with Crippen LogP contribution in [-0.2, 0) is 0 Å². The van der Waals surface area contributed by atoms with Gasteiger partial charge in [0.25, 0.3) is 0 Å². The smallest absolute Gasteiger partial charge is 0.140 e. The van der Waals surface area contributed by atoms with Crippen molar-refractivity contribution in [2.45, 2.75) is 25.8 Å². The van der Waals surface area contributed by atoms with Crippen LogP contribution in [0.2, 0.25) is 0 Å². The first kappa shape index (κ1) is 11.9. The summed E-state index contributed by atoms with van der Waals surface area (Å²) in [6.07, 6.45) is 2.62. The summed E-state index contributed by atoms with van der Waals surface area (Å²) in [6, 6.07) is 8.58. The third kappa shape index (κ3) is 2.98. The molecule has 0 heterocycles. The van der Waals surface area contributed by atoms with Crippen molar-refractivity contribution >= 4 is 0 Å². The second-order valence-corrected chi connectivity index (χ2v) is 4.62. The van der Waals surface area contributed by atoms with Gasteiger partial charge in [-0.25, -0.2) is 0 Å². The zero-order chi connectivity index (χ0) is 12.3. The van der Waals surface area contributed by atoms with Crippen molar-refractivity contribution in [1.29, 1.82) is 5.26 Å². The van der Waals surface area contributed by atoms with Gasteiger partial charge in [-0.2, -0.15) is 5.26 Å². The van der Waals surface area contributed by atoms with Crippen LogP contribution >= 0.6 is 0 Å². The van der Waals surface area contributed by atoms with Crippen molar-refractivity contribution in [3.8, 4) is 11.8 Å². The molecule has 0 aliphatic heterocycles. The summed E-state index contributed by atoms with van der Waals surface area (Å²) < 4.78 is 5.74. The minimum absolute atomic E-state index is 0.624. The van der Waals surface area contributed by atoms with Crippen LogP contribution in [0.1, 0.15) is 24.0 Å². The van der Waals surface area contributed by atoms with Gasteiger partial charge in [-0.1, -0.05) is 12.1 Å². The Balaban J connectivity index is 1.91. The van der Waals surface area contributed by atoms with Gasteiger partial charge in [0.15, 0.2) is 0 Å². The Morgan fingerprint density at radius 3 is 2.88 bits per heavy atom. The number of rotatable bonds is 5. The van der Waals surface area contributed by atoms with Gasteiger partial charge in [0.2, 0.25) is 0 Å². The molecule has 2 rings (SSSR count). The second-order valence-electron chi connectivity index (χ2n) is 4.62. The van der Waals surface area contributed by atoms with E-state index >= 15 is 0 Å². The highest BCUT2D eigenvalue weighted by Crippen LogP contribution is 2.25. The fourth-order valence-corrected chi connectivity index (χ4v) is 1.92. The first-order valence-corrected chi connectivity index (χ1v) is 6.05. The molecule has 0 N–H and O–H groups in total. The molecular weight excluding hydrogens is 212 g/mol. The third-order valence-corrected chi connectivity index (χ3v) is 3.19. The predicted octanol–water partition coefficient (Wildman–Crippen LogP) is 2.34. The van der Waals surface area contributed by atoms with Crippen LogP contribution < -0.4 is 4.74 Å². The average molecular weight is 230 g/mol.